The highest BCUT2D eigenvalue weighted by atomic mass is 32.2. The fourth-order valence-corrected chi connectivity index (χ4v) is 3.53. The highest BCUT2D eigenvalue weighted by molar-refractivity contribution is 7.99. The van der Waals surface area contributed by atoms with Crippen molar-refractivity contribution in [3.8, 4) is 0 Å². The molecule has 0 spiro atoms. The van der Waals surface area contributed by atoms with E-state index in [1.54, 1.807) is 11.8 Å². The molecule has 0 saturated carbocycles. The van der Waals surface area contributed by atoms with Gasteiger partial charge in [-0.15, -0.1) is 0 Å². The molecular formula is C16H25N3OS. The van der Waals surface area contributed by atoms with Crippen LogP contribution in [-0.4, -0.2) is 39.0 Å². The number of hydrogen-bond donors (Lipinski definition) is 3. The average Bonchev–Trinajstić information content (AvgIpc) is 2.79. The van der Waals surface area contributed by atoms with E-state index in [1.165, 1.54) is 5.56 Å². The summed E-state index contributed by atoms with van der Waals surface area (Å²) < 4.78 is 0. The lowest BCUT2D eigenvalue weighted by molar-refractivity contribution is 0.162. The maximum atomic E-state index is 9.58. The molecular weight excluding hydrogens is 282 g/mol. The van der Waals surface area contributed by atoms with Gasteiger partial charge in [-0.3, -0.25) is 0 Å². The molecule has 116 valence electrons. The predicted molar refractivity (Wildman–Crippen MR) is 89.9 cm³/mol. The molecule has 0 saturated heterocycles. The van der Waals surface area contributed by atoms with E-state index in [4.69, 9.17) is 0 Å². The molecule has 4 nitrogen and oxygen atoms in total. The van der Waals surface area contributed by atoms with Crippen LogP contribution in [0.25, 0.3) is 11.0 Å². The number of fused-ring (bicyclic) bond motifs is 1. The topological polar surface area (TPSA) is 60.9 Å². The lowest BCUT2D eigenvalue weighted by Crippen LogP contribution is -2.49. The van der Waals surface area contributed by atoms with Crippen LogP contribution in [0.3, 0.4) is 0 Å². The third-order valence-electron chi connectivity index (χ3n) is 3.49. The fraction of sp³-hybridized carbons (Fsp3) is 0.562. The monoisotopic (exact) mass is 307 g/mol. The summed E-state index contributed by atoms with van der Waals surface area (Å²) >= 11 is 1.70. The van der Waals surface area contributed by atoms with Gasteiger partial charge in [-0.25, -0.2) is 4.98 Å². The maximum absolute atomic E-state index is 9.58. The van der Waals surface area contributed by atoms with Crippen molar-refractivity contribution in [1.29, 1.82) is 0 Å². The summed E-state index contributed by atoms with van der Waals surface area (Å²) in [4.78, 5) is 7.94. The third kappa shape index (κ3) is 4.46. The molecule has 1 atom stereocenters. The molecule has 0 aliphatic heterocycles. The minimum Gasteiger partial charge on any atom is -0.394 e. The Bertz CT molecular complexity index is 596. The normalized spacial score (nSPS) is 14.8. The summed E-state index contributed by atoms with van der Waals surface area (Å²) in [7, 11) is 0. The number of hydrogen-bond acceptors (Lipinski definition) is 4. The van der Waals surface area contributed by atoms with Crippen LogP contribution >= 0.6 is 11.8 Å². The Labute approximate surface area is 130 Å². The molecule has 1 heterocycles. The highest BCUT2D eigenvalue weighted by Crippen LogP contribution is 2.23. The lowest BCUT2D eigenvalue weighted by atomic mass is 9.99. The van der Waals surface area contributed by atoms with Crippen molar-refractivity contribution in [3.05, 3.63) is 23.8 Å². The van der Waals surface area contributed by atoms with Gasteiger partial charge in [0.15, 0.2) is 5.16 Å². The van der Waals surface area contributed by atoms with E-state index < -0.39 is 0 Å². The fourth-order valence-electron chi connectivity index (χ4n) is 2.44. The van der Waals surface area contributed by atoms with E-state index in [0.717, 1.165) is 28.4 Å². The molecule has 0 bridgehead atoms. The summed E-state index contributed by atoms with van der Waals surface area (Å²) in [5.41, 5.74) is 3.09. The number of aryl methyl sites for hydroxylation is 1. The van der Waals surface area contributed by atoms with Crippen molar-refractivity contribution in [1.82, 2.24) is 15.3 Å². The number of aliphatic hydroxyl groups excluding tert-OH is 1. The minimum atomic E-state index is -0.232. The number of benzene rings is 1. The van der Waals surface area contributed by atoms with Crippen LogP contribution < -0.4 is 5.32 Å². The van der Waals surface area contributed by atoms with Gasteiger partial charge in [0.25, 0.3) is 0 Å². The minimum absolute atomic E-state index is 0.144. The molecule has 0 fully saturated rings. The first-order valence-electron chi connectivity index (χ1n) is 7.39. The van der Waals surface area contributed by atoms with Crippen LogP contribution in [0.5, 0.6) is 0 Å². The first kappa shape index (κ1) is 16.3. The number of aromatic amines is 1. The zero-order valence-electron chi connectivity index (χ0n) is 13.2. The standard InChI is InChI=1S/C16H25N3OS/c1-11(2)19-16(4,10-20)7-8-21-15-17-13-6-5-12(3)9-14(13)18-15/h5-6,9,11,19-20H,7-8,10H2,1-4H3,(H,17,18). The van der Waals surface area contributed by atoms with Gasteiger partial charge in [0.2, 0.25) is 0 Å². The third-order valence-corrected chi connectivity index (χ3v) is 4.37. The lowest BCUT2D eigenvalue weighted by Gasteiger charge is -2.30. The molecule has 3 N–H and O–H groups in total. The maximum Gasteiger partial charge on any atom is 0.166 e. The highest BCUT2D eigenvalue weighted by Gasteiger charge is 2.23. The Hall–Kier alpha value is -1.04. The molecule has 0 aliphatic rings. The van der Waals surface area contributed by atoms with Crippen molar-refractivity contribution in [2.75, 3.05) is 12.4 Å². The molecule has 0 amide bonds. The van der Waals surface area contributed by atoms with Gasteiger partial charge in [-0.2, -0.15) is 0 Å². The Morgan fingerprint density at radius 1 is 1.43 bits per heavy atom. The van der Waals surface area contributed by atoms with Crippen molar-refractivity contribution in [2.45, 2.75) is 50.9 Å². The smallest absolute Gasteiger partial charge is 0.166 e. The van der Waals surface area contributed by atoms with Gasteiger partial charge < -0.3 is 15.4 Å². The number of nitrogens with one attached hydrogen (secondary N) is 2. The van der Waals surface area contributed by atoms with Gasteiger partial charge in [0, 0.05) is 17.3 Å². The van der Waals surface area contributed by atoms with Crippen molar-refractivity contribution >= 4 is 22.8 Å². The van der Waals surface area contributed by atoms with Gasteiger partial charge in [-0.05, 0) is 38.0 Å². The quantitative estimate of drug-likeness (QED) is 0.688. The summed E-state index contributed by atoms with van der Waals surface area (Å²) in [6.45, 7) is 8.49. The largest absolute Gasteiger partial charge is 0.394 e. The second-order valence-electron chi connectivity index (χ2n) is 6.18. The van der Waals surface area contributed by atoms with E-state index in [2.05, 4.69) is 55.1 Å². The van der Waals surface area contributed by atoms with Crippen LogP contribution in [0.2, 0.25) is 0 Å². The summed E-state index contributed by atoms with van der Waals surface area (Å²) in [5, 5.41) is 14.0. The number of H-pyrrole nitrogens is 1. The van der Waals surface area contributed by atoms with Crippen LogP contribution in [0.15, 0.2) is 23.4 Å². The number of imidazole rings is 1. The van der Waals surface area contributed by atoms with Gasteiger partial charge in [0.05, 0.1) is 17.6 Å². The Morgan fingerprint density at radius 2 is 2.19 bits per heavy atom. The van der Waals surface area contributed by atoms with Crippen LogP contribution in [0.1, 0.15) is 32.8 Å². The zero-order valence-corrected chi connectivity index (χ0v) is 14.0. The average molecular weight is 307 g/mol. The molecule has 5 heteroatoms. The molecule has 0 radical (unpaired) electrons. The Balaban J connectivity index is 1.95. The molecule has 2 rings (SSSR count). The second kappa shape index (κ2) is 6.81. The van der Waals surface area contributed by atoms with Gasteiger partial charge >= 0.3 is 0 Å². The van der Waals surface area contributed by atoms with E-state index in [1.807, 2.05) is 6.07 Å². The summed E-state index contributed by atoms with van der Waals surface area (Å²) in [5.74, 6) is 0.912. The molecule has 1 unspecified atom stereocenters. The number of rotatable bonds is 7. The predicted octanol–water partition coefficient (Wildman–Crippen LogP) is 3.10. The second-order valence-corrected chi connectivity index (χ2v) is 7.26. The van der Waals surface area contributed by atoms with Crippen LogP contribution in [0.4, 0.5) is 0 Å². The van der Waals surface area contributed by atoms with Gasteiger partial charge in [-0.1, -0.05) is 31.7 Å². The number of thioether (sulfide) groups is 1. The zero-order chi connectivity index (χ0) is 15.5. The number of nitrogens with zero attached hydrogens (tertiary/aromatic N) is 1. The van der Waals surface area contributed by atoms with Crippen molar-refractivity contribution < 1.29 is 5.11 Å². The Morgan fingerprint density at radius 3 is 2.86 bits per heavy atom. The van der Waals surface area contributed by atoms with E-state index in [9.17, 15) is 5.11 Å². The summed E-state index contributed by atoms with van der Waals surface area (Å²) in [6.07, 6.45) is 0.891. The first-order chi connectivity index (χ1) is 9.92. The van der Waals surface area contributed by atoms with Crippen molar-refractivity contribution in [3.63, 3.8) is 0 Å². The molecule has 0 aliphatic carbocycles. The van der Waals surface area contributed by atoms with E-state index in [-0.39, 0.29) is 12.1 Å². The number of aliphatic hydroxyl groups is 1. The van der Waals surface area contributed by atoms with Crippen LogP contribution in [-0.2, 0) is 0 Å². The number of aromatic nitrogens is 2. The summed E-state index contributed by atoms with van der Waals surface area (Å²) in [6, 6.07) is 6.60. The van der Waals surface area contributed by atoms with E-state index >= 15 is 0 Å². The van der Waals surface area contributed by atoms with Crippen LogP contribution in [0, 0.1) is 6.92 Å². The molecule has 2 aromatic rings. The molecule has 21 heavy (non-hydrogen) atoms. The van der Waals surface area contributed by atoms with E-state index in [0.29, 0.717) is 6.04 Å². The molecule has 1 aromatic carbocycles. The van der Waals surface area contributed by atoms with Gasteiger partial charge in [0.1, 0.15) is 0 Å². The SMILES string of the molecule is Cc1ccc2nc(SCCC(C)(CO)NC(C)C)[nH]c2c1. The first-order valence-corrected chi connectivity index (χ1v) is 8.38. The molecule has 1 aromatic heterocycles. The Kier molecular flexibility index (Phi) is 5.30. The van der Waals surface area contributed by atoms with Crippen molar-refractivity contribution in [2.24, 2.45) is 0 Å².